The zero-order valence-electron chi connectivity index (χ0n) is 8.90. The van der Waals surface area contributed by atoms with Crippen LogP contribution in [0, 0.1) is 5.41 Å². The molecule has 0 radical (unpaired) electrons. The Bertz CT molecular complexity index is 501. The Morgan fingerprint density at radius 1 is 1.38 bits per heavy atom. The first-order chi connectivity index (χ1) is 7.83. The van der Waals surface area contributed by atoms with E-state index in [2.05, 4.69) is 25.3 Å². The first-order valence-corrected chi connectivity index (χ1v) is 5.41. The molecule has 1 aliphatic rings. The van der Waals surface area contributed by atoms with Crippen LogP contribution in [0.25, 0.3) is 11.2 Å². The second-order valence-electron chi connectivity index (χ2n) is 4.38. The fraction of sp³-hybridized carbons (Fsp3) is 0.500. The summed E-state index contributed by atoms with van der Waals surface area (Å²) in [5.41, 5.74) is 7.57. The number of nitrogens with one attached hydrogen (secondary N) is 2. The summed E-state index contributed by atoms with van der Waals surface area (Å²) in [7, 11) is 0. The summed E-state index contributed by atoms with van der Waals surface area (Å²) >= 11 is 0. The molecule has 0 atom stereocenters. The number of aromatic nitrogens is 4. The van der Waals surface area contributed by atoms with Crippen LogP contribution in [0.3, 0.4) is 0 Å². The molecule has 1 aliphatic carbocycles. The van der Waals surface area contributed by atoms with Crippen LogP contribution in [0.5, 0.6) is 0 Å². The second kappa shape index (κ2) is 3.41. The van der Waals surface area contributed by atoms with E-state index in [1.165, 1.54) is 19.2 Å². The zero-order chi connectivity index (χ0) is 11.0. The number of hydrogen-bond donors (Lipinski definition) is 3. The number of nitrogens with zero attached hydrogens (tertiary/aromatic N) is 3. The molecule has 6 nitrogen and oxygen atoms in total. The lowest BCUT2D eigenvalue weighted by Gasteiger charge is -2.13. The molecule has 2 heterocycles. The number of hydrogen-bond acceptors (Lipinski definition) is 5. The lowest BCUT2D eigenvalue weighted by molar-refractivity contribution is 0.555. The normalized spacial score (nSPS) is 17.6. The van der Waals surface area contributed by atoms with Gasteiger partial charge in [0.25, 0.3) is 0 Å². The van der Waals surface area contributed by atoms with Crippen molar-refractivity contribution in [2.45, 2.75) is 12.8 Å². The van der Waals surface area contributed by atoms with Crippen LogP contribution in [-0.4, -0.2) is 33.0 Å². The van der Waals surface area contributed by atoms with Gasteiger partial charge in [0.15, 0.2) is 11.5 Å². The maximum absolute atomic E-state index is 5.73. The average molecular weight is 218 g/mol. The monoisotopic (exact) mass is 218 g/mol. The molecule has 1 fully saturated rings. The number of fused-ring (bicyclic) bond motifs is 1. The van der Waals surface area contributed by atoms with Crippen LogP contribution in [-0.2, 0) is 0 Å². The largest absolute Gasteiger partial charge is 0.368 e. The molecule has 0 bridgehead atoms. The van der Waals surface area contributed by atoms with E-state index in [-0.39, 0.29) is 5.41 Å². The predicted octanol–water partition coefficient (Wildman–Crippen LogP) is 0.504. The van der Waals surface area contributed by atoms with Gasteiger partial charge in [0.1, 0.15) is 11.8 Å². The van der Waals surface area contributed by atoms with Crippen molar-refractivity contribution in [1.29, 1.82) is 0 Å². The molecule has 6 heteroatoms. The van der Waals surface area contributed by atoms with Crippen LogP contribution in [0.4, 0.5) is 5.82 Å². The first-order valence-electron chi connectivity index (χ1n) is 5.41. The van der Waals surface area contributed by atoms with Gasteiger partial charge in [-0.25, -0.2) is 15.0 Å². The van der Waals surface area contributed by atoms with Crippen molar-refractivity contribution in [2.24, 2.45) is 11.1 Å². The number of H-pyrrole nitrogens is 1. The Morgan fingerprint density at radius 3 is 3.00 bits per heavy atom. The highest BCUT2D eigenvalue weighted by Gasteiger charge is 2.40. The summed E-state index contributed by atoms with van der Waals surface area (Å²) < 4.78 is 0. The van der Waals surface area contributed by atoms with E-state index in [9.17, 15) is 0 Å². The Labute approximate surface area is 92.7 Å². The van der Waals surface area contributed by atoms with Gasteiger partial charge in [-0.1, -0.05) is 0 Å². The van der Waals surface area contributed by atoms with E-state index in [4.69, 9.17) is 5.73 Å². The number of rotatable bonds is 4. The molecule has 0 spiro atoms. The lowest BCUT2D eigenvalue weighted by atomic mass is 10.1. The van der Waals surface area contributed by atoms with Crippen molar-refractivity contribution in [3.05, 3.63) is 12.7 Å². The van der Waals surface area contributed by atoms with Gasteiger partial charge in [-0.05, 0) is 24.8 Å². The highest BCUT2D eigenvalue weighted by molar-refractivity contribution is 5.81. The molecule has 3 rings (SSSR count). The topological polar surface area (TPSA) is 92.5 Å². The van der Waals surface area contributed by atoms with Gasteiger partial charge in [-0.2, -0.15) is 0 Å². The van der Waals surface area contributed by atoms with Crippen molar-refractivity contribution in [1.82, 2.24) is 19.9 Å². The number of anilines is 1. The SMILES string of the molecule is NCC1(CNc2ncnc3nc[nH]c23)CC1. The van der Waals surface area contributed by atoms with Gasteiger partial charge >= 0.3 is 0 Å². The Kier molecular flexibility index (Phi) is 2.03. The molecular weight excluding hydrogens is 204 g/mol. The molecule has 16 heavy (non-hydrogen) atoms. The van der Waals surface area contributed by atoms with Gasteiger partial charge in [-0.3, -0.25) is 0 Å². The summed E-state index contributed by atoms with van der Waals surface area (Å²) in [5, 5.41) is 3.33. The van der Waals surface area contributed by atoms with Crippen LogP contribution in [0.2, 0.25) is 0 Å². The van der Waals surface area contributed by atoms with Crippen LogP contribution < -0.4 is 11.1 Å². The molecule has 2 aromatic heterocycles. The minimum absolute atomic E-state index is 0.289. The fourth-order valence-electron chi connectivity index (χ4n) is 1.80. The Hall–Kier alpha value is -1.69. The third-order valence-corrected chi connectivity index (χ3v) is 3.24. The first kappa shape index (κ1) is 9.53. The average Bonchev–Trinajstić information content (AvgIpc) is 2.94. The van der Waals surface area contributed by atoms with Gasteiger partial charge < -0.3 is 16.0 Å². The van der Waals surface area contributed by atoms with Crippen molar-refractivity contribution >= 4 is 17.0 Å². The van der Waals surface area contributed by atoms with Crippen molar-refractivity contribution < 1.29 is 0 Å². The summed E-state index contributed by atoms with van der Waals surface area (Å²) in [6.45, 7) is 1.60. The van der Waals surface area contributed by atoms with Crippen LogP contribution >= 0.6 is 0 Å². The van der Waals surface area contributed by atoms with Gasteiger partial charge in [0.2, 0.25) is 0 Å². The van der Waals surface area contributed by atoms with E-state index < -0.39 is 0 Å². The van der Waals surface area contributed by atoms with Crippen molar-refractivity contribution in [3.63, 3.8) is 0 Å². The predicted molar refractivity (Wildman–Crippen MR) is 60.9 cm³/mol. The van der Waals surface area contributed by atoms with E-state index in [0.717, 1.165) is 24.4 Å². The van der Waals surface area contributed by atoms with E-state index in [0.29, 0.717) is 5.65 Å². The maximum atomic E-state index is 5.73. The Morgan fingerprint density at radius 2 is 2.25 bits per heavy atom. The molecule has 0 unspecified atom stereocenters. The number of aromatic amines is 1. The molecular formula is C10H14N6. The lowest BCUT2D eigenvalue weighted by Crippen LogP contribution is -2.24. The summed E-state index contributed by atoms with van der Waals surface area (Å²) in [4.78, 5) is 15.4. The highest BCUT2D eigenvalue weighted by Crippen LogP contribution is 2.44. The van der Waals surface area contributed by atoms with Gasteiger partial charge in [0, 0.05) is 6.54 Å². The molecule has 84 valence electrons. The minimum Gasteiger partial charge on any atom is -0.368 e. The van der Waals surface area contributed by atoms with Crippen LogP contribution in [0.1, 0.15) is 12.8 Å². The third kappa shape index (κ3) is 1.51. The van der Waals surface area contributed by atoms with Gasteiger partial charge in [0.05, 0.1) is 6.33 Å². The third-order valence-electron chi connectivity index (χ3n) is 3.24. The Balaban J connectivity index is 1.81. The smallest absolute Gasteiger partial charge is 0.182 e. The number of nitrogens with two attached hydrogens (primary N) is 1. The molecule has 0 saturated heterocycles. The van der Waals surface area contributed by atoms with Crippen LogP contribution in [0.15, 0.2) is 12.7 Å². The number of imidazole rings is 1. The molecule has 0 aliphatic heterocycles. The summed E-state index contributed by atoms with van der Waals surface area (Å²) in [5.74, 6) is 0.808. The molecule has 0 amide bonds. The fourth-order valence-corrected chi connectivity index (χ4v) is 1.80. The minimum atomic E-state index is 0.289. The summed E-state index contributed by atoms with van der Waals surface area (Å²) in [6.07, 6.45) is 5.55. The summed E-state index contributed by atoms with van der Waals surface area (Å²) in [6, 6.07) is 0. The van der Waals surface area contributed by atoms with Crippen molar-refractivity contribution in [2.75, 3.05) is 18.4 Å². The zero-order valence-corrected chi connectivity index (χ0v) is 8.90. The van der Waals surface area contributed by atoms with E-state index in [1.807, 2.05) is 0 Å². The van der Waals surface area contributed by atoms with Gasteiger partial charge in [-0.15, -0.1) is 0 Å². The standard InChI is InChI=1S/C10H14N6/c11-3-10(1-2-10)4-12-8-7-9(14-5-13-7)16-6-15-8/h5-6H,1-4,11H2,(H2,12,13,14,15,16). The molecule has 2 aromatic rings. The molecule has 1 saturated carbocycles. The molecule has 4 N–H and O–H groups in total. The van der Waals surface area contributed by atoms with E-state index >= 15 is 0 Å². The molecule has 0 aromatic carbocycles. The highest BCUT2D eigenvalue weighted by atomic mass is 15.1. The van der Waals surface area contributed by atoms with Crippen molar-refractivity contribution in [3.8, 4) is 0 Å². The second-order valence-corrected chi connectivity index (χ2v) is 4.38. The maximum Gasteiger partial charge on any atom is 0.182 e. The quantitative estimate of drug-likeness (QED) is 0.695. The van der Waals surface area contributed by atoms with E-state index in [1.54, 1.807) is 6.33 Å².